The first kappa shape index (κ1) is 32.9. The Labute approximate surface area is 229 Å². The Kier molecular flexibility index (Phi) is 21.1. The van der Waals surface area contributed by atoms with Crippen LogP contribution in [0.3, 0.4) is 0 Å². The van der Waals surface area contributed by atoms with Crippen LogP contribution in [0.4, 0.5) is 5.69 Å². The molecule has 208 valence electrons. The molecule has 1 aromatic carbocycles. The van der Waals surface area contributed by atoms with Crippen molar-refractivity contribution < 1.29 is 4.79 Å². The highest BCUT2D eigenvalue weighted by Gasteiger charge is 2.07. The van der Waals surface area contributed by atoms with E-state index in [0.29, 0.717) is 18.2 Å². The topological polar surface area (TPSA) is 99.6 Å². The number of carbonyl (C=O) groups excluding carboxylic acids is 1. The summed E-state index contributed by atoms with van der Waals surface area (Å²) in [5, 5.41) is 6.52. The van der Waals surface area contributed by atoms with Crippen LogP contribution in [0.15, 0.2) is 24.3 Å². The minimum Gasteiger partial charge on any atom is -0.369 e. The van der Waals surface area contributed by atoms with Gasteiger partial charge in [-0.3, -0.25) is 4.79 Å². The normalized spacial score (nSPS) is 11.2. The molecule has 0 saturated carbocycles. The minimum absolute atomic E-state index is 0.138. The molecule has 7 nitrogen and oxygen atoms in total. The second kappa shape index (κ2) is 23.1. The van der Waals surface area contributed by atoms with Gasteiger partial charge in [0.25, 0.3) is 0 Å². The van der Waals surface area contributed by atoms with Crippen molar-refractivity contribution in [1.29, 1.82) is 0 Å². The van der Waals surface area contributed by atoms with E-state index in [9.17, 15) is 4.79 Å². The van der Waals surface area contributed by atoms with Crippen molar-refractivity contribution in [2.45, 2.75) is 51.4 Å². The SMILES string of the molecule is NCCCNCCCCN(CCCN)CCCNC(=O)CCCc1ccc(N(CCCl)CCCl)cc1. The van der Waals surface area contributed by atoms with E-state index in [4.69, 9.17) is 34.7 Å². The number of alkyl halides is 2. The van der Waals surface area contributed by atoms with Crippen LogP contribution in [-0.4, -0.2) is 88.0 Å². The van der Waals surface area contributed by atoms with Crippen molar-refractivity contribution in [1.82, 2.24) is 15.5 Å². The van der Waals surface area contributed by atoms with E-state index in [2.05, 4.69) is 44.7 Å². The number of nitrogens with one attached hydrogen (secondary N) is 2. The molecule has 36 heavy (non-hydrogen) atoms. The summed E-state index contributed by atoms with van der Waals surface area (Å²) in [7, 11) is 0. The number of hydrogen-bond acceptors (Lipinski definition) is 6. The van der Waals surface area contributed by atoms with Crippen LogP contribution in [-0.2, 0) is 11.2 Å². The lowest BCUT2D eigenvalue weighted by atomic mass is 10.1. The molecule has 0 aliphatic carbocycles. The third kappa shape index (κ3) is 16.6. The van der Waals surface area contributed by atoms with Gasteiger partial charge < -0.3 is 31.9 Å². The molecule has 0 bridgehead atoms. The number of aryl methyl sites for hydroxylation is 1. The van der Waals surface area contributed by atoms with Gasteiger partial charge in [-0.15, -0.1) is 23.2 Å². The summed E-state index contributed by atoms with van der Waals surface area (Å²) in [6.45, 7) is 8.91. The summed E-state index contributed by atoms with van der Waals surface area (Å²) in [6.07, 6.45) is 7.65. The zero-order chi connectivity index (χ0) is 26.3. The predicted octanol–water partition coefficient (Wildman–Crippen LogP) is 3.17. The summed E-state index contributed by atoms with van der Waals surface area (Å²) in [6, 6.07) is 8.50. The Hall–Kier alpha value is -1.09. The quantitative estimate of drug-likeness (QED) is 0.118. The fourth-order valence-corrected chi connectivity index (χ4v) is 4.52. The van der Waals surface area contributed by atoms with Crippen molar-refractivity contribution in [3.05, 3.63) is 29.8 Å². The summed E-state index contributed by atoms with van der Waals surface area (Å²) < 4.78 is 0. The van der Waals surface area contributed by atoms with E-state index in [1.165, 1.54) is 18.4 Å². The van der Waals surface area contributed by atoms with E-state index in [-0.39, 0.29) is 5.91 Å². The first-order valence-corrected chi connectivity index (χ1v) is 14.8. The van der Waals surface area contributed by atoms with Gasteiger partial charge in [0.1, 0.15) is 0 Å². The molecule has 6 N–H and O–H groups in total. The summed E-state index contributed by atoms with van der Waals surface area (Å²) in [5.41, 5.74) is 13.6. The van der Waals surface area contributed by atoms with Crippen molar-refractivity contribution in [2.75, 3.05) is 82.1 Å². The van der Waals surface area contributed by atoms with E-state index in [1.807, 2.05) is 0 Å². The first-order valence-electron chi connectivity index (χ1n) is 13.7. The molecule has 0 unspecified atom stereocenters. The molecule has 0 atom stereocenters. The third-order valence-corrected chi connectivity index (χ3v) is 6.51. The van der Waals surface area contributed by atoms with Gasteiger partial charge in [-0.1, -0.05) is 12.1 Å². The standard InChI is InChI=1S/C27H50Cl2N6O/c28-13-23-35(24-14-29)26-11-9-25(10-12-26)7-3-8-27(36)33-19-6-22-34(21-5-16-31)20-2-1-17-32-18-4-15-30/h9-12,32H,1-8,13-24,30-31H2,(H,33,36). The van der Waals surface area contributed by atoms with E-state index >= 15 is 0 Å². The number of hydrogen-bond donors (Lipinski definition) is 4. The highest BCUT2D eigenvalue weighted by molar-refractivity contribution is 6.18. The number of benzene rings is 1. The molecule has 1 rings (SSSR count). The van der Waals surface area contributed by atoms with Gasteiger partial charge in [-0.25, -0.2) is 0 Å². The van der Waals surface area contributed by atoms with Gasteiger partial charge in [-0.05, 0) is 108 Å². The number of carbonyl (C=O) groups is 1. The van der Waals surface area contributed by atoms with Crippen LogP contribution < -0.4 is 27.0 Å². The van der Waals surface area contributed by atoms with E-state index in [0.717, 1.165) is 103 Å². The van der Waals surface area contributed by atoms with Crippen molar-refractivity contribution in [3.8, 4) is 0 Å². The molecular weight excluding hydrogens is 495 g/mol. The van der Waals surface area contributed by atoms with Gasteiger partial charge in [0.2, 0.25) is 5.91 Å². The lowest BCUT2D eigenvalue weighted by Gasteiger charge is -2.23. The molecule has 0 aliphatic heterocycles. The van der Waals surface area contributed by atoms with Crippen LogP contribution in [0.1, 0.15) is 50.5 Å². The number of rotatable bonds is 24. The van der Waals surface area contributed by atoms with Crippen molar-refractivity contribution in [3.63, 3.8) is 0 Å². The highest BCUT2D eigenvalue weighted by atomic mass is 35.5. The number of amides is 1. The lowest BCUT2D eigenvalue weighted by Crippen LogP contribution is -2.32. The average Bonchev–Trinajstić information content (AvgIpc) is 2.89. The molecule has 0 spiro atoms. The van der Waals surface area contributed by atoms with Gasteiger partial charge in [0.15, 0.2) is 0 Å². The number of nitrogens with zero attached hydrogens (tertiary/aromatic N) is 2. The van der Waals surface area contributed by atoms with E-state index < -0.39 is 0 Å². The predicted molar refractivity (Wildman–Crippen MR) is 157 cm³/mol. The molecular formula is C27H50Cl2N6O. The molecule has 1 amide bonds. The Bertz CT molecular complexity index is 644. The molecule has 1 aromatic rings. The minimum atomic E-state index is 0.138. The Morgan fingerprint density at radius 3 is 2.06 bits per heavy atom. The van der Waals surface area contributed by atoms with Crippen molar-refractivity contribution >= 4 is 34.8 Å². The highest BCUT2D eigenvalue weighted by Crippen LogP contribution is 2.17. The number of anilines is 1. The van der Waals surface area contributed by atoms with Gasteiger partial charge in [-0.2, -0.15) is 0 Å². The average molecular weight is 546 g/mol. The zero-order valence-electron chi connectivity index (χ0n) is 22.2. The lowest BCUT2D eigenvalue weighted by molar-refractivity contribution is -0.121. The second-order valence-corrected chi connectivity index (χ2v) is 9.93. The maximum absolute atomic E-state index is 12.3. The first-order chi connectivity index (χ1) is 17.6. The molecule has 0 aliphatic rings. The van der Waals surface area contributed by atoms with Gasteiger partial charge >= 0.3 is 0 Å². The van der Waals surface area contributed by atoms with Crippen LogP contribution in [0, 0.1) is 0 Å². The molecule has 0 radical (unpaired) electrons. The van der Waals surface area contributed by atoms with E-state index in [1.54, 1.807) is 0 Å². The summed E-state index contributed by atoms with van der Waals surface area (Å²) in [5.74, 6) is 1.29. The molecule has 0 aromatic heterocycles. The largest absolute Gasteiger partial charge is 0.369 e. The molecule has 9 heteroatoms. The molecule has 0 fully saturated rings. The smallest absolute Gasteiger partial charge is 0.220 e. The van der Waals surface area contributed by atoms with Crippen LogP contribution in [0.2, 0.25) is 0 Å². The monoisotopic (exact) mass is 544 g/mol. The molecule has 0 heterocycles. The number of unbranched alkanes of at least 4 members (excludes halogenated alkanes) is 1. The third-order valence-electron chi connectivity index (χ3n) is 6.17. The second-order valence-electron chi connectivity index (χ2n) is 9.17. The van der Waals surface area contributed by atoms with Gasteiger partial charge in [0.05, 0.1) is 0 Å². The maximum atomic E-state index is 12.3. The van der Waals surface area contributed by atoms with Crippen LogP contribution >= 0.6 is 23.2 Å². The van der Waals surface area contributed by atoms with Crippen LogP contribution in [0.5, 0.6) is 0 Å². The maximum Gasteiger partial charge on any atom is 0.220 e. The Morgan fingerprint density at radius 1 is 0.750 bits per heavy atom. The number of halogens is 2. The fraction of sp³-hybridized carbons (Fsp3) is 0.741. The van der Waals surface area contributed by atoms with Crippen molar-refractivity contribution in [2.24, 2.45) is 11.5 Å². The molecule has 0 saturated heterocycles. The Balaban J connectivity index is 2.20. The fourth-order valence-electron chi connectivity index (χ4n) is 4.11. The van der Waals surface area contributed by atoms with Gasteiger partial charge in [0, 0.05) is 43.5 Å². The number of nitrogens with two attached hydrogens (primary N) is 2. The summed E-state index contributed by atoms with van der Waals surface area (Å²) >= 11 is 11.8. The van der Waals surface area contributed by atoms with Crippen LogP contribution in [0.25, 0.3) is 0 Å². The Morgan fingerprint density at radius 2 is 1.39 bits per heavy atom. The summed E-state index contributed by atoms with van der Waals surface area (Å²) in [4.78, 5) is 16.9. The zero-order valence-corrected chi connectivity index (χ0v) is 23.7.